The van der Waals surface area contributed by atoms with E-state index in [9.17, 15) is 9.50 Å². The van der Waals surface area contributed by atoms with Crippen molar-refractivity contribution in [2.24, 2.45) is 5.73 Å². The molecule has 0 aliphatic heterocycles. The lowest BCUT2D eigenvalue weighted by molar-refractivity contribution is 0.411. The first-order valence-corrected chi connectivity index (χ1v) is 5.29. The molecule has 1 aliphatic rings. The Labute approximate surface area is 92.9 Å². The van der Waals surface area contributed by atoms with Crippen LogP contribution in [0, 0.1) is 5.82 Å². The van der Waals surface area contributed by atoms with Crippen molar-refractivity contribution in [1.29, 1.82) is 0 Å². The minimum Gasteiger partial charge on any atom is -0.505 e. The van der Waals surface area contributed by atoms with Gasteiger partial charge in [-0.25, -0.2) is 4.39 Å². The second kappa shape index (κ2) is 3.35. The van der Waals surface area contributed by atoms with Crippen LogP contribution in [-0.2, 0) is 5.41 Å². The highest BCUT2D eigenvalue weighted by Gasteiger charge is 2.49. The van der Waals surface area contributed by atoms with E-state index in [-0.39, 0.29) is 17.2 Å². The molecule has 3 N–H and O–H groups in total. The second-order valence-corrected chi connectivity index (χ2v) is 4.67. The maximum absolute atomic E-state index is 13.3. The van der Waals surface area contributed by atoms with Gasteiger partial charge in [-0.3, -0.25) is 0 Å². The van der Waals surface area contributed by atoms with E-state index in [4.69, 9.17) is 17.3 Å². The van der Waals surface area contributed by atoms with Crippen LogP contribution in [0.25, 0.3) is 0 Å². The molecular formula is C11H13ClFNO. The fraction of sp³-hybridized carbons (Fsp3) is 0.455. The Bertz CT molecular complexity index is 402. The standard InChI is InChI=1S/C11H13ClFNO/c1-6(14)11(2-3-11)8-4-7(12)5-9(13)10(8)15/h4-6,15H,2-3,14H2,1H3. The van der Waals surface area contributed by atoms with E-state index < -0.39 is 5.82 Å². The average molecular weight is 230 g/mol. The molecule has 1 unspecified atom stereocenters. The maximum Gasteiger partial charge on any atom is 0.166 e. The molecule has 1 fully saturated rings. The van der Waals surface area contributed by atoms with Crippen LogP contribution in [0.4, 0.5) is 4.39 Å². The third-order valence-electron chi connectivity index (χ3n) is 3.22. The smallest absolute Gasteiger partial charge is 0.166 e. The molecular weight excluding hydrogens is 217 g/mol. The summed E-state index contributed by atoms with van der Waals surface area (Å²) < 4.78 is 13.3. The summed E-state index contributed by atoms with van der Waals surface area (Å²) in [5.41, 5.74) is 6.12. The molecule has 0 aromatic heterocycles. The minimum absolute atomic E-state index is 0.110. The van der Waals surface area contributed by atoms with Crippen LogP contribution < -0.4 is 5.73 Å². The molecule has 0 amide bonds. The van der Waals surface area contributed by atoms with Crippen LogP contribution in [0.2, 0.25) is 5.02 Å². The summed E-state index contributed by atoms with van der Waals surface area (Å²) in [7, 11) is 0. The number of nitrogens with two attached hydrogens (primary N) is 1. The van der Waals surface area contributed by atoms with Gasteiger partial charge >= 0.3 is 0 Å². The number of phenols is 1. The van der Waals surface area contributed by atoms with Crippen molar-refractivity contribution >= 4 is 11.6 Å². The first kappa shape index (κ1) is 10.7. The number of hydrogen-bond donors (Lipinski definition) is 2. The molecule has 1 atom stereocenters. The predicted octanol–water partition coefficient (Wildman–Crippen LogP) is 2.56. The molecule has 1 aromatic carbocycles. The van der Waals surface area contributed by atoms with E-state index in [1.54, 1.807) is 6.07 Å². The number of hydrogen-bond acceptors (Lipinski definition) is 2. The van der Waals surface area contributed by atoms with E-state index in [1.807, 2.05) is 6.92 Å². The molecule has 1 aromatic rings. The highest BCUT2D eigenvalue weighted by atomic mass is 35.5. The molecule has 0 heterocycles. The number of rotatable bonds is 2. The molecule has 82 valence electrons. The van der Waals surface area contributed by atoms with Gasteiger partial charge in [0.1, 0.15) is 0 Å². The summed E-state index contributed by atoms with van der Waals surface area (Å²) in [6.07, 6.45) is 1.75. The Morgan fingerprint density at radius 2 is 2.13 bits per heavy atom. The Morgan fingerprint density at radius 1 is 1.53 bits per heavy atom. The zero-order chi connectivity index (χ0) is 11.2. The Kier molecular flexibility index (Phi) is 2.40. The van der Waals surface area contributed by atoms with Crippen LogP contribution >= 0.6 is 11.6 Å². The Morgan fingerprint density at radius 3 is 2.60 bits per heavy atom. The van der Waals surface area contributed by atoms with Gasteiger partial charge in [0.15, 0.2) is 11.6 Å². The zero-order valence-electron chi connectivity index (χ0n) is 8.43. The monoisotopic (exact) mass is 229 g/mol. The molecule has 1 saturated carbocycles. The van der Waals surface area contributed by atoms with Gasteiger partial charge in [0.05, 0.1) is 0 Å². The lowest BCUT2D eigenvalue weighted by Crippen LogP contribution is -2.31. The van der Waals surface area contributed by atoms with Crippen LogP contribution in [0.3, 0.4) is 0 Å². The van der Waals surface area contributed by atoms with Crippen molar-refractivity contribution in [3.8, 4) is 5.75 Å². The van der Waals surface area contributed by atoms with Gasteiger partial charge in [-0.15, -0.1) is 0 Å². The summed E-state index contributed by atoms with van der Waals surface area (Å²) >= 11 is 5.77. The molecule has 0 saturated heterocycles. The molecule has 0 bridgehead atoms. The van der Waals surface area contributed by atoms with Crippen molar-refractivity contribution in [3.63, 3.8) is 0 Å². The summed E-state index contributed by atoms with van der Waals surface area (Å²) in [5.74, 6) is -0.987. The van der Waals surface area contributed by atoms with Crippen LogP contribution in [0.15, 0.2) is 12.1 Å². The fourth-order valence-electron chi connectivity index (χ4n) is 2.05. The third-order valence-corrected chi connectivity index (χ3v) is 3.44. The highest BCUT2D eigenvalue weighted by molar-refractivity contribution is 6.30. The molecule has 2 rings (SSSR count). The number of benzene rings is 1. The predicted molar refractivity (Wildman–Crippen MR) is 57.6 cm³/mol. The molecule has 15 heavy (non-hydrogen) atoms. The van der Waals surface area contributed by atoms with Crippen molar-refractivity contribution in [3.05, 3.63) is 28.5 Å². The Balaban J connectivity index is 2.53. The first-order chi connectivity index (χ1) is 6.97. The van der Waals surface area contributed by atoms with Crippen molar-refractivity contribution < 1.29 is 9.50 Å². The van der Waals surface area contributed by atoms with E-state index in [0.29, 0.717) is 10.6 Å². The van der Waals surface area contributed by atoms with Gasteiger partial charge in [-0.1, -0.05) is 11.6 Å². The lowest BCUT2D eigenvalue weighted by Gasteiger charge is -2.21. The average Bonchev–Trinajstić information content (AvgIpc) is 2.91. The molecule has 0 spiro atoms. The Hall–Kier alpha value is -0.800. The number of aromatic hydroxyl groups is 1. The molecule has 1 aliphatic carbocycles. The van der Waals surface area contributed by atoms with Gasteiger partial charge in [0, 0.05) is 22.0 Å². The zero-order valence-corrected chi connectivity index (χ0v) is 9.18. The van der Waals surface area contributed by atoms with Crippen molar-refractivity contribution in [2.45, 2.75) is 31.2 Å². The summed E-state index contributed by atoms with van der Waals surface area (Å²) in [4.78, 5) is 0. The van der Waals surface area contributed by atoms with Crippen molar-refractivity contribution in [2.75, 3.05) is 0 Å². The lowest BCUT2D eigenvalue weighted by atomic mass is 9.88. The fourth-order valence-corrected chi connectivity index (χ4v) is 2.26. The van der Waals surface area contributed by atoms with Crippen molar-refractivity contribution in [1.82, 2.24) is 0 Å². The topological polar surface area (TPSA) is 46.2 Å². The SMILES string of the molecule is CC(N)C1(c2cc(Cl)cc(F)c2O)CC1. The summed E-state index contributed by atoms with van der Waals surface area (Å²) in [6.45, 7) is 1.87. The minimum atomic E-state index is -0.676. The normalized spacial score (nSPS) is 20.0. The highest BCUT2D eigenvalue weighted by Crippen LogP contribution is 2.53. The van der Waals surface area contributed by atoms with E-state index in [0.717, 1.165) is 18.9 Å². The van der Waals surface area contributed by atoms with E-state index in [1.165, 1.54) is 0 Å². The van der Waals surface area contributed by atoms with E-state index >= 15 is 0 Å². The van der Waals surface area contributed by atoms with Gasteiger partial charge in [0.2, 0.25) is 0 Å². The molecule has 2 nitrogen and oxygen atoms in total. The largest absolute Gasteiger partial charge is 0.505 e. The molecule has 4 heteroatoms. The quantitative estimate of drug-likeness (QED) is 0.819. The number of phenolic OH excluding ortho intramolecular Hbond substituents is 1. The maximum atomic E-state index is 13.3. The van der Waals surface area contributed by atoms with Gasteiger partial charge in [0.25, 0.3) is 0 Å². The summed E-state index contributed by atoms with van der Waals surface area (Å²) in [6, 6.07) is 2.61. The van der Waals surface area contributed by atoms with Crippen LogP contribution in [-0.4, -0.2) is 11.1 Å². The van der Waals surface area contributed by atoms with Gasteiger partial charge < -0.3 is 10.8 Å². The second-order valence-electron chi connectivity index (χ2n) is 4.23. The van der Waals surface area contributed by atoms with Crippen LogP contribution in [0.1, 0.15) is 25.3 Å². The van der Waals surface area contributed by atoms with Gasteiger partial charge in [-0.05, 0) is 31.9 Å². The van der Waals surface area contributed by atoms with E-state index in [2.05, 4.69) is 0 Å². The van der Waals surface area contributed by atoms with Crippen LogP contribution in [0.5, 0.6) is 5.75 Å². The number of halogens is 2. The van der Waals surface area contributed by atoms with Gasteiger partial charge in [-0.2, -0.15) is 0 Å². The third kappa shape index (κ3) is 1.60. The first-order valence-electron chi connectivity index (χ1n) is 4.91. The summed E-state index contributed by atoms with van der Waals surface area (Å²) in [5, 5.41) is 9.96. The molecule has 0 radical (unpaired) electrons.